The van der Waals surface area contributed by atoms with Gasteiger partial charge in [-0.1, -0.05) is 85.8 Å². The lowest BCUT2D eigenvalue weighted by molar-refractivity contribution is -0.166. The number of aromatic nitrogens is 1. The minimum absolute atomic E-state index is 0.0882. The van der Waals surface area contributed by atoms with Crippen molar-refractivity contribution < 1.29 is 4.79 Å². The van der Waals surface area contributed by atoms with Crippen LogP contribution in [0.1, 0.15) is 55.0 Å². The van der Waals surface area contributed by atoms with Gasteiger partial charge in [0.2, 0.25) is 5.91 Å². The van der Waals surface area contributed by atoms with E-state index in [1.54, 1.807) is 0 Å². The summed E-state index contributed by atoms with van der Waals surface area (Å²) in [6.45, 7) is 5.85. The van der Waals surface area contributed by atoms with Crippen LogP contribution >= 0.6 is 0 Å². The second kappa shape index (κ2) is 8.59. The summed E-state index contributed by atoms with van der Waals surface area (Å²) in [7, 11) is 0. The van der Waals surface area contributed by atoms with Crippen LogP contribution in [0.2, 0.25) is 0 Å². The van der Waals surface area contributed by atoms with Crippen LogP contribution in [0, 0.1) is 5.41 Å². The highest BCUT2D eigenvalue weighted by Gasteiger charge is 2.69. The number of likely N-dealkylation sites (tertiary alicyclic amines) is 1. The van der Waals surface area contributed by atoms with Crippen LogP contribution in [0.3, 0.4) is 0 Å². The molecular weight excluding hydrogens is 454 g/mol. The summed E-state index contributed by atoms with van der Waals surface area (Å²) < 4.78 is 2.58. The van der Waals surface area contributed by atoms with Crippen molar-refractivity contribution in [2.24, 2.45) is 5.41 Å². The third-order valence-corrected chi connectivity index (χ3v) is 9.54. The van der Waals surface area contributed by atoms with Gasteiger partial charge in [-0.15, -0.1) is 0 Å². The van der Waals surface area contributed by atoms with E-state index in [-0.39, 0.29) is 5.41 Å². The van der Waals surface area contributed by atoms with Gasteiger partial charge in [0.25, 0.3) is 0 Å². The first-order valence-electron chi connectivity index (χ1n) is 13.9. The van der Waals surface area contributed by atoms with Gasteiger partial charge in [0.15, 0.2) is 0 Å². The number of amides is 1. The zero-order chi connectivity index (χ0) is 25.0. The minimum Gasteiger partial charge on any atom is -0.337 e. The quantitative estimate of drug-likeness (QED) is 0.328. The Hall–Kier alpha value is -3.37. The molecule has 3 aliphatic heterocycles. The summed E-state index contributed by atoms with van der Waals surface area (Å²) >= 11 is 0. The SMILES string of the molecule is CC[C@@]12CCCN3CCc4c(n(Cc5ccccc5)c5ccccc45)[C@]31N(Cc1ccccc1)C(=O)C2. The van der Waals surface area contributed by atoms with Crippen molar-refractivity contribution in [3.63, 3.8) is 0 Å². The smallest absolute Gasteiger partial charge is 0.225 e. The zero-order valence-corrected chi connectivity index (χ0v) is 21.7. The van der Waals surface area contributed by atoms with E-state index in [0.717, 1.165) is 45.3 Å². The van der Waals surface area contributed by atoms with Crippen LogP contribution in [0.25, 0.3) is 10.9 Å². The van der Waals surface area contributed by atoms with E-state index in [9.17, 15) is 4.79 Å². The van der Waals surface area contributed by atoms with E-state index in [1.165, 1.54) is 33.3 Å². The molecule has 37 heavy (non-hydrogen) atoms. The van der Waals surface area contributed by atoms with E-state index in [2.05, 4.69) is 106 Å². The monoisotopic (exact) mass is 489 g/mol. The molecule has 0 radical (unpaired) electrons. The molecule has 0 bridgehead atoms. The first-order chi connectivity index (χ1) is 18.2. The molecule has 4 nitrogen and oxygen atoms in total. The van der Waals surface area contributed by atoms with E-state index in [4.69, 9.17) is 0 Å². The topological polar surface area (TPSA) is 28.5 Å². The van der Waals surface area contributed by atoms with Crippen molar-refractivity contribution >= 4 is 16.8 Å². The molecule has 2 fully saturated rings. The lowest BCUT2D eigenvalue weighted by Crippen LogP contribution is -2.67. The molecule has 2 atom stereocenters. The third-order valence-electron chi connectivity index (χ3n) is 9.54. The van der Waals surface area contributed by atoms with Gasteiger partial charge < -0.3 is 9.47 Å². The Labute approximate surface area is 219 Å². The Morgan fingerprint density at radius 1 is 0.811 bits per heavy atom. The Balaban J connectivity index is 1.53. The summed E-state index contributed by atoms with van der Waals surface area (Å²) in [5.74, 6) is 0.307. The third kappa shape index (κ3) is 3.15. The lowest BCUT2D eigenvalue weighted by atomic mass is 9.63. The number of hydrogen-bond donors (Lipinski definition) is 0. The molecule has 0 aliphatic carbocycles. The molecule has 1 amide bonds. The highest BCUT2D eigenvalue weighted by atomic mass is 16.2. The van der Waals surface area contributed by atoms with E-state index in [0.29, 0.717) is 18.9 Å². The van der Waals surface area contributed by atoms with Gasteiger partial charge in [0.1, 0.15) is 5.66 Å². The number of carbonyl (C=O) groups excluding carboxylic acids is 1. The fraction of sp³-hybridized carbons (Fsp3) is 0.364. The maximum Gasteiger partial charge on any atom is 0.225 e. The first kappa shape index (κ1) is 22.8. The van der Waals surface area contributed by atoms with Gasteiger partial charge in [-0.25, -0.2) is 0 Å². The average Bonchev–Trinajstić information content (AvgIpc) is 3.39. The van der Waals surface area contributed by atoms with E-state index in [1.807, 2.05) is 0 Å². The predicted molar refractivity (Wildman–Crippen MR) is 148 cm³/mol. The van der Waals surface area contributed by atoms with Gasteiger partial charge in [-0.2, -0.15) is 0 Å². The van der Waals surface area contributed by atoms with Gasteiger partial charge in [-0.3, -0.25) is 9.69 Å². The molecule has 0 unspecified atom stereocenters. The van der Waals surface area contributed by atoms with Crippen LogP contribution in [0.15, 0.2) is 84.9 Å². The largest absolute Gasteiger partial charge is 0.337 e. The number of nitrogens with zero attached hydrogens (tertiary/aromatic N) is 3. The van der Waals surface area contributed by atoms with E-state index < -0.39 is 5.66 Å². The maximum atomic E-state index is 14.1. The Kier molecular flexibility index (Phi) is 5.30. The van der Waals surface area contributed by atoms with Crippen molar-refractivity contribution in [2.75, 3.05) is 13.1 Å². The van der Waals surface area contributed by atoms with Gasteiger partial charge >= 0.3 is 0 Å². The molecule has 188 valence electrons. The molecule has 3 aromatic carbocycles. The summed E-state index contributed by atoms with van der Waals surface area (Å²) in [6, 6.07) is 30.4. The standard InChI is InChI=1S/C33H35N3O/c1-2-32-19-11-20-34-21-18-28-27-16-9-10-17-29(27)35(23-25-12-5-3-6-13-25)31(28)33(32,34)36(30(37)22-32)24-26-14-7-4-8-15-26/h3-10,12-17H,2,11,18-24H2,1H3/t32-,33+/m0/s1. The Morgan fingerprint density at radius 2 is 1.49 bits per heavy atom. The molecule has 4 aromatic rings. The Morgan fingerprint density at radius 3 is 2.22 bits per heavy atom. The van der Waals surface area contributed by atoms with Crippen molar-refractivity contribution in [2.45, 2.75) is 57.8 Å². The predicted octanol–water partition coefficient (Wildman–Crippen LogP) is 6.32. The number of para-hydroxylation sites is 1. The number of piperidine rings is 1. The fourth-order valence-corrected chi connectivity index (χ4v) is 8.04. The van der Waals surface area contributed by atoms with Crippen LogP contribution in [0.5, 0.6) is 0 Å². The molecule has 4 heteroatoms. The normalized spacial score (nSPS) is 25.2. The highest BCUT2D eigenvalue weighted by molar-refractivity contribution is 5.89. The molecule has 1 aromatic heterocycles. The molecule has 0 N–H and O–H groups in total. The van der Waals surface area contributed by atoms with Gasteiger partial charge in [0.05, 0.1) is 5.69 Å². The van der Waals surface area contributed by atoms with Crippen LogP contribution in [0.4, 0.5) is 0 Å². The highest BCUT2D eigenvalue weighted by Crippen LogP contribution is 2.64. The summed E-state index contributed by atoms with van der Waals surface area (Å²) in [5.41, 5.74) is 6.13. The number of carbonyl (C=O) groups is 1. The van der Waals surface area contributed by atoms with Crippen molar-refractivity contribution in [3.05, 3.63) is 107 Å². The Bertz CT molecular complexity index is 1460. The lowest BCUT2D eigenvalue weighted by Gasteiger charge is -2.60. The average molecular weight is 490 g/mol. The summed E-state index contributed by atoms with van der Waals surface area (Å²) in [5, 5.41) is 1.36. The fourth-order valence-electron chi connectivity index (χ4n) is 8.04. The van der Waals surface area contributed by atoms with Crippen molar-refractivity contribution in [1.29, 1.82) is 0 Å². The zero-order valence-electron chi connectivity index (χ0n) is 21.7. The van der Waals surface area contributed by atoms with Crippen molar-refractivity contribution in [3.8, 4) is 0 Å². The van der Waals surface area contributed by atoms with Gasteiger partial charge in [0, 0.05) is 48.9 Å². The van der Waals surface area contributed by atoms with E-state index >= 15 is 0 Å². The number of hydrogen-bond acceptors (Lipinski definition) is 2. The number of fused-ring (bicyclic) bond motifs is 3. The van der Waals surface area contributed by atoms with Crippen LogP contribution < -0.4 is 0 Å². The number of rotatable bonds is 5. The summed E-state index contributed by atoms with van der Waals surface area (Å²) in [6.07, 6.45) is 4.94. The molecule has 3 aliphatic rings. The first-order valence-corrected chi connectivity index (χ1v) is 13.9. The molecule has 0 saturated carbocycles. The maximum absolute atomic E-state index is 14.1. The minimum atomic E-state index is -0.422. The van der Waals surface area contributed by atoms with Crippen LogP contribution in [-0.2, 0) is 30.0 Å². The van der Waals surface area contributed by atoms with Crippen LogP contribution in [-0.4, -0.2) is 33.4 Å². The number of benzene rings is 3. The molecule has 7 rings (SSSR count). The second-order valence-electron chi connectivity index (χ2n) is 11.2. The van der Waals surface area contributed by atoms with Crippen molar-refractivity contribution in [1.82, 2.24) is 14.4 Å². The summed E-state index contributed by atoms with van der Waals surface area (Å²) in [4.78, 5) is 19.1. The molecular formula is C33H35N3O. The second-order valence-corrected chi connectivity index (χ2v) is 11.2. The molecule has 2 saturated heterocycles. The van der Waals surface area contributed by atoms with Gasteiger partial charge in [-0.05, 0) is 48.4 Å². The molecule has 1 spiro atoms. The molecule has 4 heterocycles.